The van der Waals surface area contributed by atoms with Gasteiger partial charge in [-0.2, -0.15) is 0 Å². The van der Waals surface area contributed by atoms with Crippen LogP contribution in [0.5, 0.6) is 5.88 Å². The van der Waals surface area contributed by atoms with Crippen LogP contribution < -0.4 is 4.74 Å². The van der Waals surface area contributed by atoms with Crippen molar-refractivity contribution in [1.29, 1.82) is 0 Å². The number of likely N-dealkylation sites (N-methyl/N-ethyl adjacent to an activating group) is 2. The molecule has 0 radical (unpaired) electrons. The van der Waals surface area contributed by atoms with Gasteiger partial charge in [0.15, 0.2) is 0 Å². The minimum absolute atomic E-state index is 0.0417. The van der Waals surface area contributed by atoms with Crippen molar-refractivity contribution in [3.63, 3.8) is 0 Å². The van der Waals surface area contributed by atoms with Crippen LogP contribution in [0.4, 0.5) is 0 Å². The van der Waals surface area contributed by atoms with Gasteiger partial charge in [0.05, 0.1) is 25.7 Å². The maximum atomic E-state index is 13.4. The van der Waals surface area contributed by atoms with Crippen LogP contribution in [0.2, 0.25) is 0 Å². The number of carbonyl (C=O) groups excluding carboxylic acids is 2. The van der Waals surface area contributed by atoms with Crippen LogP contribution in [0.25, 0.3) is 0 Å². The second-order valence-electron chi connectivity index (χ2n) is 9.52. The van der Waals surface area contributed by atoms with Crippen molar-refractivity contribution in [2.45, 2.75) is 45.4 Å². The van der Waals surface area contributed by atoms with E-state index in [-0.39, 0.29) is 42.3 Å². The number of carbonyl (C=O) groups is 2. The molecule has 0 aromatic carbocycles. The largest absolute Gasteiger partial charge is 0.472 e. The molecule has 0 bridgehead atoms. The molecule has 0 spiro atoms. The van der Waals surface area contributed by atoms with Crippen molar-refractivity contribution in [3.8, 4) is 17.7 Å². The summed E-state index contributed by atoms with van der Waals surface area (Å²) in [5.74, 6) is 5.24. The van der Waals surface area contributed by atoms with Crippen molar-refractivity contribution >= 4 is 11.8 Å². The zero-order valence-electron chi connectivity index (χ0n) is 20.6. The molecule has 9 nitrogen and oxygen atoms in total. The molecular weight excluding hydrogens is 424 g/mol. The van der Waals surface area contributed by atoms with Crippen molar-refractivity contribution in [2.75, 3.05) is 47.4 Å². The van der Waals surface area contributed by atoms with Gasteiger partial charge in [-0.25, -0.2) is 4.98 Å². The molecular formula is C24H36N4O5. The summed E-state index contributed by atoms with van der Waals surface area (Å²) >= 11 is 0. The first-order valence-corrected chi connectivity index (χ1v) is 11.0. The molecule has 2 rings (SSSR count). The molecule has 2 amide bonds. The maximum absolute atomic E-state index is 13.4. The molecule has 0 aliphatic carbocycles. The molecule has 9 heteroatoms. The van der Waals surface area contributed by atoms with E-state index >= 15 is 0 Å². The van der Waals surface area contributed by atoms with E-state index in [0.717, 1.165) is 0 Å². The summed E-state index contributed by atoms with van der Waals surface area (Å²) in [4.78, 5) is 35.2. The molecule has 0 saturated heterocycles. The SMILES string of the molecule is C[C@@H]1CN([C@@H](C)CO)C(=O)c2cc(C#CC(C)(C)O)cnc2O[C@H]1CN(C)C(=O)CN(C)C. The quantitative estimate of drug-likeness (QED) is 0.594. The third-order valence-corrected chi connectivity index (χ3v) is 5.36. The lowest BCUT2D eigenvalue weighted by Gasteiger charge is -2.37. The van der Waals surface area contributed by atoms with Crippen LogP contribution >= 0.6 is 0 Å². The number of rotatable bonds is 6. The van der Waals surface area contributed by atoms with E-state index in [1.165, 1.54) is 6.20 Å². The van der Waals surface area contributed by atoms with Crippen LogP contribution in [-0.4, -0.2) is 107 Å². The smallest absolute Gasteiger partial charge is 0.259 e. The highest BCUT2D eigenvalue weighted by Gasteiger charge is 2.34. The fraction of sp³-hybridized carbons (Fsp3) is 0.625. The van der Waals surface area contributed by atoms with Gasteiger partial charge in [-0.15, -0.1) is 0 Å². The molecule has 0 saturated carbocycles. The second-order valence-corrected chi connectivity index (χ2v) is 9.52. The first-order chi connectivity index (χ1) is 15.3. The van der Waals surface area contributed by atoms with E-state index in [1.54, 1.807) is 48.6 Å². The molecule has 3 atom stereocenters. The van der Waals surface area contributed by atoms with Crippen molar-refractivity contribution in [1.82, 2.24) is 19.7 Å². The highest BCUT2D eigenvalue weighted by atomic mass is 16.5. The van der Waals surface area contributed by atoms with Gasteiger partial charge < -0.3 is 29.6 Å². The third-order valence-electron chi connectivity index (χ3n) is 5.36. The van der Waals surface area contributed by atoms with E-state index in [1.807, 2.05) is 21.0 Å². The number of hydrogen-bond acceptors (Lipinski definition) is 7. The topological polar surface area (TPSA) is 106 Å². The number of aromatic nitrogens is 1. The summed E-state index contributed by atoms with van der Waals surface area (Å²) < 4.78 is 6.18. The van der Waals surface area contributed by atoms with Gasteiger partial charge in [-0.3, -0.25) is 9.59 Å². The highest BCUT2D eigenvalue weighted by Crippen LogP contribution is 2.27. The van der Waals surface area contributed by atoms with Crippen molar-refractivity contribution < 1.29 is 24.5 Å². The predicted molar refractivity (Wildman–Crippen MR) is 125 cm³/mol. The number of pyridine rings is 1. The number of hydrogen-bond donors (Lipinski definition) is 2. The van der Waals surface area contributed by atoms with Gasteiger partial charge in [0, 0.05) is 31.3 Å². The summed E-state index contributed by atoms with van der Waals surface area (Å²) in [6.07, 6.45) is 1.08. The van der Waals surface area contributed by atoms with E-state index in [9.17, 15) is 19.8 Å². The van der Waals surface area contributed by atoms with E-state index in [2.05, 4.69) is 16.8 Å². The Bertz CT molecular complexity index is 916. The summed E-state index contributed by atoms with van der Waals surface area (Å²) in [5, 5.41) is 19.6. The molecule has 1 aliphatic rings. The number of aliphatic hydroxyl groups is 2. The predicted octanol–water partition coefficient (Wildman–Crippen LogP) is 0.444. The molecule has 1 aliphatic heterocycles. The zero-order valence-corrected chi connectivity index (χ0v) is 20.6. The van der Waals surface area contributed by atoms with Crippen molar-refractivity contribution in [2.24, 2.45) is 5.92 Å². The Labute approximate surface area is 196 Å². The minimum Gasteiger partial charge on any atom is -0.472 e. The van der Waals surface area contributed by atoms with Gasteiger partial charge >= 0.3 is 0 Å². The standard InChI is InChI=1S/C24H36N4O5/c1-16-12-28(17(2)15-29)23(31)19-10-18(8-9-24(3,4)32)11-25-22(19)33-20(16)13-27(7)21(30)14-26(5)6/h10-11,16-17,20,29,32H,12-15H2,1-7H3/t16-,17+,20+/m1/s1. The number of nitrogens with zero attached hydrogens (tertiary/aromatic N) is 4. The average Bonchev–Trinajstić information content (AvgIpc) is 2.73. The van der Waals surface area contributed by atoms with Crippen LogP contribution in [0, 0.1) is 17.8 Å². The normalized spacial score (nSPS) is 19.6. The summed E-state index contributed by atoms with van der Waals surface area (Å²) in [5.41, 5.74) is -0.489. The Morgan fingerprint density at radius 3 is 2.64 bits per heavy atom. The van der Waals surface area contributed by atoms with Crippen LogP contribution in [0.15, 0.2) is 12.3 Å². The number of amides is 2. The minimum atomic E-state index is -1.19. The fourth-order valence-corrected chi connectivity index (χ4v) is 3.38. The lowest BCUT2D eigenvalue weighted by atomic mass is 9.99. The maximum Gasteiger partial charge on any atom is 0.259 e. The lowest BCUT2D eigenvalue weighted by molar-refractivity contribution is -0.132. The lowest BCUT2D eigenvalue weighted by Crippen LogP contribution is -2.51. The summed E-state index contributed by atoms with van der Waals surface area (Å²) in [6.45, 7) is 7.63. The molecule has 0 unspecified atom stereocenters. The van der Waals surface area contributed by atoms with Crippen LogP contribution in [0.1, 0.15) is 43.6 Å². The Morgan fingerprint density at radius 2 is 2.06 bits per heavy atom. The first-order valence-electron chi connectivity index (χ1n) is 11.0. The zero-order chi connectivity index (χ0) is 24.9. The van der Waals surface area contributed by atoms with Crippen LogP contribution in [0.3, 0.4) is 0 Å². The van der Waals surface area contributed by atoms with Gasteiger partial charge in [0.2, 0.25) is 11.8 Å². The third kappa shape index (κ3) is 7.42. The Morgan fingerprint density at radius 1 is 1.39 bits per heavy atom. The highest BCUT2D eigenvalue weighted by molar-refractivity contribution is 5.97. The monoisotopic (exact) mass is 460 g/mol. The van der Waals surface area contributed by atoms with Crippen molar-refractivity contribution in [3.05, 3.63) is 23.4 Å². The Hall–Kier alpha value is -2.67. The molecule has 0 fully saturated rings. The van der Waals surface area contributed by atoms with Gasteiger partial charge in [0.1, 0.15) is 17.3 Å². The Balaban J connectivity index is 2.44. The van der Waals surface area contributed by atoms with E-state index < -0.39 is 17.7 Å². The van der Waals surface area contributed by atoms with Gasteiger partial charge in [0.25, 0.3) is 5.91 Å². The molecule has 33 heavy (non-hydrogen) atoms. The Kier molecular flexibility index (Phi) is 8.83. The average molecular weight is 461 g/mol. The molecule has 2 heterocycles. The molecule has 2 N–H and O–H groups in total. The molecule has 1 aromatic rings. The van der Waals surface area contributed by atoms with Crippen LogP contribution in [-0.2, 0) is 4.79 Å². The summed E-state index contributed by atoms with van der Waals surface area (Å²) in [7, 11) is 5.39. The van der Waals surface area contributed by atoms with Gasteiger partial charge in [-0.05, 0) is 40.9 Å². The summed E-state index contributed by atoms with van der Waals surface area (Å²) in [6, 6.07) is 1.18. The molecule has 1 aromatic heterocycles. The second kappa shape index (κ2) is 11.0. The van der Waals surface area contributed by atoms with Gasteiger partial charge in [-0.1, -0.05) is 18.8 Å². The van der Waals surface area contributed by atoms with E-state index in [4.69, 9.17) is 4.74 Å². The fourth-order valence-electron chi connectivity index (χ4n) is 3.38. The first kappa shape index (κ1) is 26.6. The molecule has 182 valence electrons. The number of ether oxygens (including phenoxy) is 1. The van der Waals surface area contributed by atoms with E-state index in [0.29, 0.717) is 18.7 Å². The number of fused-ring (bicyclic) bond motifs is 1. The number of aliphatic hydroxyl groups excluding tert-OH is 1.